The van der Waals surface area contributed by atoms with Gasteiger partial charge in [0.2, 0.25) is 0 Å². The number of nitrogens with zero attached hydrogens (tertiary/aromatic N) is 2. The van der Waals surface area contributed by atoms with Crippen LogP contribution in [0.15, 0.2) is 18.2 Å². The van der Waals surface area contributed by atoms with Crippen LogP contribution >= 0.6 is 0 Å². The maximum atomic E-state index is 12.1. The highest BCUT2D eigenvalue weighted by Gasteiger charge is 2.18. The van der Waals surface area contributed by atoms with Crippen LogP contribution in [0.3, 0.4) is 0 Å². The molecule has 2 amide bonds. The largest absolute Gasteiger partial charge is 0.493 e. The molecule has 0 atom stereocenters. The number of amides is 2. The monoisotopic (exact) mass is 307 g/mol. The first-order valence-corrected chi connectivity index (χ1v) is 7.56. The van der Waals surface area contributed by atoms with Crippen molar-refractivity contribution in [3.63, 3.8) is 0 Å². The van der Waals surface area contributed by atoms with Crippen LogP contribution < -0.4 is 14.8 Å². The van der Waals surface area contributed by atoms with E-state index in [1.165, 1.54) is 0 Å². The van der Waals surface area contributed by atoms with Crippen LogP contribution in [0.4, 0.5) is 4.79 Å². The number of carbonyl (C=O) groups excluding carboxylic acids is 1. The lowest BCUT2D eigenvalue weighted by molar-refractivity contribution is 0.154. The molecular formula is C16H25N3O3. The second kappa shape index (κ2) is 7.89. The second-order valence-electron chi connectivity index (χ2n) is 5.46. The summed E-state index contributed by atoms with van der Waals surface area (Å²) in [6, 6.07) is 5.84. The van der Waals surface area contributed by atoms with Crippen molar-refractivity contribution in [3.05, 3.63) is 23.8 Å². The smallest absolute Gasteiger partial charge is 0.317 e. The molecule has 1 saturated heterocycles. The van der Waals surface area contributed by atoms with Gasteiger partial charge < -0.3 is 24.6 Å². The quantitative estimate of drug-likeness (QED) is 0.888. The van der Waals surface area contributed by atoms with Crippen LogP contribution in [0.5, 0.6) is 11.5 Å². The number of piperazine rings is 1. The van der Waals surface area contributed by atoms with Gasteiger partial charge in [-0.05, 0) is 31.2 Å². The van der Waals surface area contributed by atoms with Gasteiger partial charge in [-0.15, -0.1) is 0 Å². The summed E-state index contributed by atoms with van der Waals surface area (Å²) >= 11 is 0. The molecule has 0 unspecified atom stereocenters. The van der Waals surface area contributed by atoms with E-state index >= 15 is 0 Å². The molecule has 1 aliphatic rings. The highest BCUT2D eigenvalue weighted by molar-refractivity contribution is 5.74. The first kappa shape index (κ1) is 16.4. The van der Waals surface area contributed by atoms with E-state index in [1.54, 1.807) is 14.2 Å². The van der Waals surface area contributed by atoms with Gasteiger partial charge in [-0.3, -0.25) is 0 Å². The molecule has 1 fully saturated rings. The van der Waals surface area contributed by atoms with Gasteiger partial charge in [-0.2, -0.15) is 0 Å². The van der Waals surface area contributed by atoms with Crippen molar-refractivity contribution in [3.8, 4) is 11.5 Å². The van der Waals surface area contributed by atoms with Gasteiger partial charge in [0.05, 0.1) is 14.2 Å². The number of benzene rings is 1. The minimum Gasteiger partial charge on any atom is -0.493 e. The minimum absolute atomic E-state index is 0.0218. The van der Waals surface area contributed by atoms with Gasteiger partial charge in [-0.1, -0.05) is 6.07 Å². The molecule has 1 N–H and O–H groups in total. The van der Waals surface area contributed by atoms with Crippen LogP contribution in [0.25, 0.3) is 0 Å². The van der Waals surface area contributed by atoms with Gasteiger partial charge in [0.15, 0.2) is 11.5 Å². The zero-order chi connectivity index (χ0) is 15.9. The average molecular weight is 307 g/mol. The predicted octanol–water partition coefficient (Wildman–Crippen LogP) is 1.20. The Morgan fingerprint density at radius 2 is 1.82 bits per heavy atom. The van der Waals surface area contributed by atoms with Gasteiger partial charge in [0.25, 0.3) is 0 Å². The topological polar surface area (TPSA) is 54.0 Å². The Balaban J connectivity index is 1.79. The van der Waals surface area contributed by atoms with Gasteiger partial charge in [-0.25, -0.2) is 4.79 Å². The number of likely N-dealkylation sites (N-methyl/N-ethyl adjacent to an activating group) is 1. The molecule has 0 aliphatic carbocycles. The number of hydrogen-bond donors (Lipinski definition) is 1. The Kier molecular flexibility index (Phi) is 5.89. The Labute approximate surface area is 132 Å². The highest BCUT2D eigenvalue weighted by Crippen LogP contribution is 2.27. The normalized spacial score (nSPS) is 15.5. The zero-order valence-electron chi connectivity index (χ0n) is 13.6. The van der Waals surface area contributed by atoms with E-state index in [4.69, 9.17) is 9.47 Å². The second-order valence-corrected chi connectivity index (χ2v) is 5.46. The molecule has 1 aliphatic heterocycles. The van der Waals surface area contributed by atoms with E-state index in [2.05, 4.69) is 17.3 Å². The lowest BCUT2D eigenvalue weighted by Crippen LogP contribution is -2.50. The number of hydrogen-bond acceptors (Lipinski definition) is 4. The first-order chi connectivity index (χ1) is 10.6. The summed E-state index contributed by atoms with van der Waals surface area (Å²) in [5.41, 5.74) is 1.11. The van der Waals surface area contributed by atoms with Crippen LogP contribution in [0.2, 0.25) is 0 Å². The average Bonchev–Trinajstić information content (AvgIpc) is 2.55. The highest BCUT2D eigenvalue weighted by atomic mass is 16.5. The number of carbonyl (C=O) groups is 1. The fraction of sp³-hybridized carbons (Fsp3) is 0.562. The number of ether oxygens (including phenoxy) is 2. The minimum atomic E-state index is 0.0218. The molecule has 0 aromatic heterocycles. The van der Waals surface area contributed by atoms with Crippen molar-refractivity contribution < 1.29 is 14.3 Å². The summed E-state index contributed by atoms with van der Waals surface area (Å²) in [5.74, 6) is 1.43. The third-order valence-electron chi connectivity index (χ3n) is 3.93. The lowest BCUT2D eigenvalue weighted by atomic mass is 10.1. The van der Waals surface area contributed by atoms with E-state index in [9.17, 15) is 4.79 Å². The van der Waals surface area contributed by atoms with Crippen LogP contribution in [0.1, 0.15) is 5.56 Å². The Hall–Kier alpha value is -1.95. The van der Waals surface area contributed by atoms with Crippen molar-refractivity contribution in [2.45, 2.75) is 6.42 Å². The number of rotatable bonds is 5. The molecular weight excluding hydrogens is 282 g/mol. The number of methoxy groups -OCH3 is 2. The Morgan fingerprint density at radius 1 is 1.14 bits per heavy atom. The summed E-state index contributed by atoms with van der Waals surface area (Å²) in [4.78, 5) is 16.2. The summed E-state index contributed by atoms with van der Waals surface area (Å²) in [7, 11) is 5.32. The van der Waals surface area contributed by atoms with Crippen molar-refractivity contribution in [1.29, 1.82) is 0 Å². The van der Waals surface area contributed by atoms with E-state index < -0.39 is 0 Å². The molecule has 1 aromatic carbocycles. The standard InChI is InChI=1S/C16H25N3O3/c1-18-8-10-19(11-9-18)16(20)17-7-6-13-4-5-14(21-2)15(12-13)22-3/h4-5,12H,6-11H2,1-3H3,(H,17,20). The Morgan fingerprint density at radius 3 is 2.45 bits per heavy atom. The maximum Gasteiger partial charge on any atom is 0.317 e. The molecule has 0 radical (unpaired) electrons. The van der Waals surface area contributed by atoms with Gasteiger partial charge >= 0.3 is 6.03 Å². The lowest BCUT2D eigenvalue weighted by Gasteiger charge is -2.32. The summed E-state index contributed by atoms with van der Waals surface area (Å²) in [6.45, 7) is 4.06. The zero-order valence-corrected chi connectivity index (χ0v) is 13.6. The molecule has 1 aromatic rings. The maximum absolute atomic E-state index is 12.1. The predicted molar refractivity (Wildman–Crippen MR) is 85.7 cm³/mol. The SMILES string of the molecule is COc1ccc(CCNC(=O)N2CCN(C)CC2)cc1OC. The third-order valence-corrected chi connectivity index (χ3v) is 3.93. The summed E-state index contributed by atoms with van der Waals surface area (Å²) in [6.07, 6.45) is 0.764. The third kappa shape index (κ3) is 4.27. The van der Waals surface area contributed by atoms with E-state index in [0.29, 0.717) is 18.0 Å². The molecule has 6 heteroatoms. The van der Waals surface area contributed by atoms with Crippen molar-refractivity contribution >= 4 is 6.03 Å². The van der Waals surface area contributed by atoms with Crippen LogP contribution in [0, 0.1) is 0 Å². The van der Waals surface area contributed by atoms with E-state index in [0.717, 1.165) is 38.2 Å². The first-order valence-electron chi connectivity index (χ1n) is 7.56. The molecule has 122 valence electrons. The van der Waals surface area contributed by atoms with Crippen LogP contribution in [-0.2, 0) is 6.42 Å². The Bertz CT molecular complexity index is 499. The molecule has 22 heavy (non-hydrogen) atoms. The van der Waals surface area contributed by atoms with E-state index in [1.807, 2.05) is 23.1 Å². The molecule has 6 nitrogen and oxygen atoms in total. The van der Waals surface area contributed by atoms with Crippen molar-refractivity contribution in [2.75, 3.05) is 54.0 Å². The van der Waals surface area contributed by atoms with E-state index in [-0.39, 0.29) is 6.03 Å². The van der Waals surface area contributed by atoms with Crippen molar-refractivity contribution in [1.82, 2.24) is 15.1 Å². The van der Waals surface area contributed by atoms with Crippen LogP contribution in [-0.4, -0.2) is 69.8 Å². The molecule has 1 heterocycles. The number of urea groups is 1. The van der Waals surface area contributed by atoms with Gasteiger partial charge in [0.1, 0.15) is 0 Å². The molecule has 0 bridgehead atoms. The molecule has 2 rings (SSSR count). The fourth-order valence-corrected chi connectivity index (χ4v) is 2.47. The van der Waals surface area contributed by atoms with Gasteiger partial charge in [0, 0.05) is 32.7 Å². The fourth-order valence-electron chi connectivity index (χ4n) is 2.47. The summed E-state index contributed by atoms with van der Waals surface area (Å²) in [5, 5.41) is 2.98. The van der Waals surface area contributed by atoms with Crippen molar-refractivity contribution in [2.24, 2.45) is 0 Å². The number of nitrogens with one attached hydrogen (secondary N) is 1. The molecule has 0 spiro atoms. The molecule has 0 saturated carbocycles. The summed E-state index contributed by atoms with van der Waals surface area (Å²) < 4.78 is 10.5.